The molecule has 0 saturated carbocycles. The first kappa shape index (κ1) is 14.9. The Balaban J connectivity index is 2.34. The summed E-state index contributed by atoms with van der Waals surface area (Å²) in [5.41, 5.74) is -1.34. The zero-order valence-electron chi connectivity index (χ0n) is 9.48. The van der Waals surface area contributed by atoms with E-state index < -0.39 is 32.3 Å². The van der Waals surface area contributed by atoms with Crippen molar-refractivity contribution in [1.82, 2.24) is 5.16 Å². The fourth-order valence-corrected chi connectivity index (χ4v) is 2.92. The van der Waals surface area contributed by atoms with Crippen molar-refractivity contribution in [2.75, 3.05) is 4.72 Å². The third kappa shape index (κ3) is 2.96. The average molecular weight is 371 g/mol. The Labute approximate surface area is 119 Å². The third-order valence-electron chi connectivity index (χ3n) is 2.18. The molecule has 20 heavy (non-hydrogen) atoms. The van der Waals surface area contributed by atoms with Crippen molar-refractivity contribution in [3.8, 4) is 0 Å². The lowest BCUT2D eigenvalue weighted by molar-refractivity contribution is -0.143. The highest BCUT2D eigenvalue weighted by Gasteiger charge is 2.39. The minimum atomic E-state index is -4.75. The topological polar surface area (TPSA) is 72.2 Å². The lowest BCUT2D eigenvalue weighted by Gasteiger charge is -2.05. The Kier molecular flexibility index (Phi) is 3.78. The zero-order chi connectivity index (χ0) is 15.0. The maximum Gasteiger partial charge on any atom is 0.438 e. The quantitative estimate of drug-likeness (QED) is 0.899. The van der Waals surface area contributed by atoms with Gasteiger partial charge in [-0.1, -0.05) is 23.4 Å². The predicted octanol–water partition coefficient (Wildman–Crippen LogP) is 3.26. The molecule has 0 atom stereocenters. The number of benzene rings is 1. The predicted molar refractivity (Wildman–Crippen MR) is 66.5 cm³/mol. The van der Waals surface area contributed by atoms with E-state index in [1.165, 1.54) is 24.3 Å². The van der Waals surface area contributed by atoms with Crippen LogP contribution < -0.4 is 4.72 Å². The second-order valence-electron chi connectivity index (χ2n) is 3.59. The number of anilines is 1. The Morgan fingerprint density at radius 1 is 1.20 bits per heavy atom. The SMILES string of the molecule is O=S(=O)(Nc1onc(C(F)(F)F)c1Br)c1ccccc1. The van der Waals surface area contributed by atoms with E-state index in [9.17, 15) is 21.6 Å². The molecule has 0 spiro atoms. The van der Waals surface area contributed by atoms with Crippen molar-refractivity contribution < 1.29 is 26.1 Å². The number of halogens is 4. The van der Waals surface area contributed by atoms with Crippen LogP contribution in [0.15, 0.2) is 44.2 Å². The number of hydrogen-bond acceptors (Lipinski definition) is 4. The average Bonchev–Trinajstić information content (AvgIpc) is 2.71. The molecule has 0 unspecified atom stereocenters. The van der Waals surface area contributed by atoms with Crippen molar-refractivity contribution in [2.45, 2.75) is 11.1 Å². The first-order valence-electron chi connectivity index (χ1n) is 5.02. The van der Waals surface area contributed by atoms with E-state index in [-0.39, 0.29) is 4.90 Å². The van der Waals surface area contributed by atoms with Crippen LogP contribution in [0.2, 0.25) is 0 Å². The molecule has 0 aliphatic heterocycles. The number of hydrogen-bond donors (Lipinski definition) is 1. The number of aromatic nitrogens is 1. The van der Waals surface area contributed by atoms with E-state index in [1.54, 1.807) is 6.07 Å². The molecule has 0 saturated heterocycles. The molecule has 0 amide bonds. The molecule has 0 fully saturated rings. The Bertz CT molecular complexity index is 713. The monoisotopic (exact) mass is 370 g/mol. The summed E-state index contributed by atoms with van der Waals surface area (Å²) in [6.45, 7) is 0. The van der Waals surface area contributed by atoms with Crippen LogP contribution in [0.25, 0.3) is 0 Å². The zero-order valence-corrected chi connectivity index (χ0v) is 11.9. The van der Waals surface area contributed by atoms with Gasteiger partial charge >= 0.3 is 6.18 Å². The summed E-state index contributed by atoms with van der Waals surface area (Å²) in [5, 5.41) is 2.79. The van der Waals surface area contributed by atoms with Gasteiger partial charge in [-0.05, 0) is 28.1 Å². The van der Waals surface area contributed by atoms with Crippen LogP contribution in [0.1, 0.15) is 5.69 Å². The largest absolute Gasteiger partial charge is 0.438 e. The van der Waals surface area contributed by atoms with E-state index >= 15 is 0 Å². The molecule has 0 bridgehead atoms. The number of rotatable bonds is 3. The van der Waals surface area contributed by atoms with Gasteiger partial charge in [0.25, 0.3) is 15.9 Å². The standard InChI is InChI=1S/C10H6BrF3N2O3S/c11-7-8(10(12,13)14)15-19-9(7)16-20(17,18)6-4-2-1-3-5-6/h1-5,16H. The van der Waals surface area contributed by atoms with E-state index in [0.29, 0.717) is 0 Å². The van der Waals surface area contributed by atoms with Gasteiger partial charge in [0.15, 0.2) is 0 Å². The molecule has 1 heterocycles. The number of alkyl halides is 3. The molecule has 108 valence electrons. The van der Waals surface area contributed by atoms with E-state index in [2.05, 4.69) is 25.6 Å². The highest BCUT2D eigenvalue weighted by molar-refractivity contribution is 9.10. The van der Waals surface area contributed by atoms with Crippen LogP contribution in [0.3, 0.4) is 0 Å². The van der Waals surface area contributed by atoms with Crippen molar-refractivity contribution in [3.63, 3.8) is 0 Å². The molecule has 5 nitrogen and oxygen atoms in total. The van der Waals surface area contributed by atoms with Crippen LogP contribution >= 0.6 is 15.9 Å². The van der Waals surface area contributed by atoms with Crippen molar-refractivity contribution in [3.05, 3.63) is 40.5 Å². The second kappa shape index (κ2) is 5.09. The van der Waals surface area contributed by atoms with Crippen LogP contribution in [0, 0.1) is 0 Å². The first-order chi connectivity index (χ1) is 9.22. The van der Waals surface area contributed by atoms with Gasteiger partial charge in [0.2, 0.25) is 5.69 Å². The van der Waals surface area contributed by atoms with Gasteiger partial charge in [0, 0.05) is 0 Å². The summed E-state index contributed by atoms with van der Waals surface area (Å²) in [7, 11) is -4.05. The first-order valence-corrected chi connectivity index (χ1v) is 7.29. The summed E-state index contributed by atoms with van der Waals surface area (Å²) < 4.78 is 66.9. The van der Waals surface area contributed by atoms with E-state index in [0.717, 1.165) is 0 Å². The van der Waals surface area contributed by atoms with Crippen LogP contribution in [0.5, 0.6) is 0 Å². The van der Waals surface area contributed by atoms with Crippen LogP contribution in [-0.2, 0) is 16.2 Å². The van der Waals surface area contributed by atoms with E-state index in [1.807, 2.05) is 4.72 Å². The summed E-state index contributed by atoms with van der Waals surface area (Å²) in [5.74, 6) is -0.638. The maximum atomic E-state index is 12.5. The van der Waals surface area contributed by atoms with Crippen molar-refractivity contribution in [2.24, 2.45) is 0 Å². The molecular formula is C10H6BrF3N2O3S. The van der Waals surface area contributed by atoms with Gasteiger partial charge < -0.3 is 4.52 Å². The third-order valence-corrected chi connectivity index (χ3v) is 4.27. The number of sulfonamides is 1. The molecule has 0 aliphatic rings. The minimum absolute atomic E-state index is 0.114. The lowest BCUT2D eigenvalue weighted by atomic mass is 10.4. The van der Waals surface area contributed by atoms with Gasteiger partial charge in [0.05, 0.1) is 4.90 Å². The fraction of sp³-hybridized carbons (Fsp3) is 0.100. The van der Waals surface area contributed by atoms with Crippen molar-refractivity contribution >= 4 is 31.8 Å². The molecule has 2 aromatic rings. The van der Waals surface area contributed by atoms with E-state index in [4.69, 9.17) is 0 Å². The van der Waals surface area contributed by atoms with Gasteiger partial charge in [-0.2, -0.15) is 13.2 Å². The van der Waals surface area contributed by atoms with Gasteiger partial charge in [-0.3, -0.25) is 0 Å². The molecule has 0 radical (unpaired) electrons. The molecule has 0 aliphatic carbocycles. The molecular weight excluding hydrogens is 365 g/mol. The molecule has 1 N–H and O–H groups in total. The summed E-state index contributed by atoms with van der Waals surface area (Å²) in [4.78, 5) is -0.114. The van der Waals surface area contributed by atoms with Crippen LogP contribution in [0.4, 0.5) is 19.1 Å². The highest BCUT2D eigenvalue weighted by atomic mass is 79.9. The molecule has 2 rings (SSSR count). The molecule has 10 heteroatoms. The Hall–Kier alpha value is -1.55. The maximum absolute atomic E-state index is 12.5. The normalized spacial score (nSPS) is 12.4. The van der Waals surface area contributed by atoms with Gasteiger partial charge in [-0.25, -0.2) is 13.1 Å². The number of nitrogens with one attached hydrogen (secondary N) is 1. The highest BCUT2D eigenvalue weighted by Crippen LogP contribution is 2.38. The van der Waals surface area contributed by atoms with Gasteiger partial charge in [-0.15, -0.1) is 0 Å². The van der Waals surface area contributed by atoms with Crippen LogP contribution in [-0.4, -0.2) is 13.6 Å². The molecule has 1 aromatic heterocycles. The van der Waals surface area contributed by atoms with Gasteiger partial charge in [0.1, 0.15) is 4.47 Å². The summed E-state index contributed by atoms with van der Waals surface area (Å²) >= 11 is 2.61. The Morgan fingerprint density at radius 2 is 1.80 bits per heavy atom. The summed E-state index contributed by atoms with van der Waals surface area (Å²) in [6, 6.07) is 7.13. The van der Waals surface area contributed by atoms with Crippen molar-refractivity contribution in [1.29, 1.82) is 0 Å². The second-order valence-corrected chi connectivity index (χ2v) is 6.07. The summed E-state index contributed by atoms with van der Waals surface area (Å²) in [6.07, 6.45) is -4.75. The Morgan fingerprint density at radius 3 is 2.30 bits per heavy atom. The number of nitrogens with zero attached hydrogens (tertiary/aromatic N) is 1. The lowest BCUT2D eigenvalue weighted by Crippen LogP contribution is -2.13. The molecule has 1 aromatic carbocycles. The minimum Gasteiger partial charge on any atom is -0.336 e. The fourth-order valence-electron chi connectivity index (χ4n) is 1.30. The smallest absolute Gasteiger partial charge is 0.336 e.